The van der Waals surface area contributed by atoms with E-state index in [0.717, 1.165) is 17.7 Å². The first kappa shape index (κ1) is 14.9. The summed E-state index contributed by atoms with van der Waals surface area (Å²) in [5, 5.41) is 14.3. The van der Waals surface area contributed by atoms with Crippen molar-refractivity contribution in [1.82, 2.24) is 5.32 Å². The molecule has 0 radical (unpaired) electrons. The Balaban J connectivity index is 1.77. The van der Waals surface area contributed by atoms with Gasteiger partial charge in [0.05, 0.1) is 10.9 Å². The summed E-state index contributed by atoms with van der Waals surface area (Å²) in [4.78, 5) is 36.0. The fraction of sp³-hybridized carbons (Fsp3) is 0.400. The molecule has 1 aromatic rings. The minimum Gasteiger partial charge on any atom is -0.480 e. The molecule has 0 bridgehead atoms. The Kier molecular flexibility index (Phi) is 3.82. The monoisotopic (exact) mass is 320 g/mol. The molecule has 0 spiro atoms. The highest BCUT2D eigenvalue weighted by Gasteiger charge is 2.37. The van der Waals surface area contributed by atoms with Gasteiger partial charge in [0.15, 0.2) is 0 Å². The van der Waals surface area contributed by atoms with E-state index in [9.17, 15) is 14.4 Å². The maximum Gasteiger partial charge on any atom is 0.326 e. The predicted octanol–water partition coefficient (Wildman–Crippen LogP) is 1.71. The second-order valence-electron chi connectivity index (χ2n) is 5.59. The van der Waals surface area contributed by atoms with Crippen molar-refractivity contribution < 1.29 is 19.5 Å². The van der Waals surface area contributed by atoms with Crippen LogP contribution in [-0.4, -0.2) is 34.2 Å². The van der Waals surface area contributed by atoms with Crippen LogP contribution in [0.4, 0.5) is 5.69 Å². The molecular weight excluding hydrogens is 304 g/mol. The molecule has 6 nitrogen and oxygen atoms in total. The van der Waals surface area contributed by atoms with Crippen LogP contribution in [0.1, 0.15) is 30.1 Å². The van der Waals surface area contributed by atoms with E-state index in [2.05, 4.69) is 10.6 Å². The molecule has 116 valence electrons. The van der Waals surface area contributed by atoms with Crippen molar-refractivity contribution in [3.8, 4) is 0 Å². The van der Waals surface area contributed by atoms with Crippen LogP contribution in [0.25, 0.3) is 0 Å². The van der Waals surface area contributed by atoms with Gasteiger partial charge in [0.2, 0.25) is 5.91 Å². The zero-order valence-electron chi connectivity index (χ0n) is 12.0. The van der Waals surface area contributed by atoms with Crippen LogP contribution >= 0.6 is 11.8 Å². The molecule has 1 heterocycles. The number of rotatable bonds is 4. The molecule has 7 heteroatoms. The van der Waals surface area contributed by atoms with Crippen LogP contribution in [0.2, 0.25) is 0 Å². The molecule has 3 rings (SSSR count). The molecule has 2 aliphatic rings. The lowest BCUT2D eigenvalue weighted by atomic mass is 10.1. The van der Waals surface area contributed by atoms with Gasteiger partial charge in [-0.2, -0.15) is 0 Å². The first-order chi connectivity index (χ1) is 10.5. The number of carboxylic acids is 1. The number of hydrogen-bond acceptors (Lipinski definition) is 4. The van der Waals surface area contributed by atoms with E-state index in [4.69, 9.17) is 5.11 Å². The third kappa shape index (κ3) is 2.94. The molecule has 2 amide bonds. The number of carbonyl (C=O) groups is 3. The minimum absolute atomic E-state index is 0.0233. The van der Waals surface area contributed by atoms with Crippen molar-refractivity contribution in [1.29, 1.82) is 0 Å². The van der Waals surface area contributed by atoms with Gasteiger partial charge in [-0.05, 0) is 43.9 Å². The number of carbonyl (C=O) groups excluding carboxylic acids is 2. The second-order valence-corrected chi connectivity index (χ2v) is 6.97. The van der Waals surface area contributed by atoms with Crippen LogP contribution in [0.5, 0.6) is 0 Å². The van der Waals surface area contributed by atoms with Crippen molar-refractivity contribution in [2.45, 2.75) is 36.0 Å². The van der Waals surface area contributed by atoms with Gasteiger partial charge in [-0.25, -0.2) is 4.79 Å². The van der Waals surface area contributed by atoms with Gasteiger partial charge in [-0.3, -0.25) is 9.59 Å². The van der Waals surface area contributed by atoms with Crippen LogP contribution < -0.4 is 10.6 Å². The molecule has 1 fully saturated rings. The van der Waals surface area contributed by atoms with Crippen molar-refractivity contribution in [2.75, 3.05) is 5.32 Å². The SMILES string of the molecule is CC1Sc2ccc(C(=O)NC(C(=O)O)C3CC3)cc2NC1=O. The Bertz CT molecular complexity index is 657. The fourth-order valence-corrected chi connectivity index (χ4v) is 3.32. The van der Waals surface area contributed by atoms with Gasteiger partial charge in [-0.1, -0.05) is 0 Å². The predicted molar refractivity (Wildman–Crippen MR) is 82.0 cm³/mol. The standard InChI is InChI=1S/C15H16N2O4S/c1-7-13(18)16-10-6-9(4-5-11(10)22-7)14(19)17-12(15(20)21)8-2-3-8/h4-8,12H,2-3H2,1H3,(H,16,18)(H,17,19)(H,20,21). The third-order valence-corrected chi connectivity index (χ3v) is 5.00. The topological polar surface area (TPSA) is 95.5 Å². The summed E-state index contributed by atoms with van der Waals surface area (Å²) in [5.74, 6) is -1.52. The van der Waals surface area contributed by atoms with E-state index < -0.39 is 17.9 Å². The largest absolute Gasteiger partial charge is 0.480 e. The number of hydrogen-bond donors (Lipinski definition) is 3. The fourth-order valence-electron chi connectivity index (χ4n) is 2.39. The Morgan fingerprint density at radius 2 is 2.14 bits per heavy atom. The van der Waals surface area contributed by atoms with Crippen molar-refractivity contribution in [2.24, 2.45) is 5.92 Å². The van der Waals surface area contributed by atoms with E-state index in [1.54, 1.807) is 18.2 Å². The van der Waals surface area contributed by atoms with Gasteiger partial charge in [0.25, 0.3) is 5.91 Å². The number of nitrogens with one attached hydrogen (secondary N) is 2. The lowest BCUT2D eigenvalue weighted by Crippen LogP contribution is -2.42. The Labute approximate surface area is 131 Å². The van der Waals surface area contributed by atoms with Gasteiger partial charge in [0.1, 0.15) is 6.04 Å². The van der Waals surface area contributed by atoms with Crippen molar-refractivity contribution in [3.05, 3.63) is 23.8 Å². The first-order valence-electron chi connectivity index (χ1n) is 7.11. The average Bonchev–Trinajstić information content (AvgIpc) is 3.29. The summed E-state index contributed by atoms with van der Waals surface area (Å²) in [5.41, 5.74) is 0.945. The molecular formula is C15H16N2O4S. The highest BCUT2D eigenvalue weighted by atomic mass is 32.2. The normalized spacial score (nSPS) is 21.5. The molecule has 0 aromatic heterocycles. The van der Waals surface area contributed by atoms with Crippen LogP contribution in [0.3, 0.4) is 0 Å². The zero-order valence-corrected chi connectivity index (χ0v) is 12.8. The average molecular weight is 320 g/mol. The molecule has 2 atom stereocenters. The lowest BCUT2D eigenvalue weighted by Gasteiger charge is -2.22. The smallest absolute Gasteiger partial charge is 0.326 e. The number of fused-ring (bicyclic) bond motifs is 1. The molecule has 1 aliphatic carbocycles. The van der Waals surface area contributed by atoms with E-state index in [-0.39, 0.29) is 17.1 Å². The number of benzene rings is 1. The Morgan fingerprint density at radius 1 is 1.41 bits per heavy atom. The molecule has 1 saturated carbocycles. The number of carboxylic acid groups (broad SMARTS) is 1. The maximum atomic E-state index is 12.2. The van der Waals surface area contributed by atoms with Crippen LogP contribution in [-0.2, 0) is 9.59 Å². The summed E-state index contributed by atoms with van der Waals surface area (Å²) in [7, 11) is 0. The van der Waals surface area contributed by atoms with Gasteiger partial charge >= 0.3 is 5.97 Å². The summed E-state index contributed by atoms with van der Waals surface area (Å²) >= 11 is 1.44. The van der Waals surface area contributed by atoms with Gasteiger partial charge in [0, 0.05) is 10.5 Å². The van der Waals surface area contributed by atoms with E-state index in [0.29, 0.717) is 11.3 Å². The highest BCUT2D eigenvalue weighted by Crippen LogP contribution is 2.36. The number of aliphatic carboxylic acids is 1. The van der Waals surface area contributed by atoms with E-state index in [1.807, 2.05) is 6.92 Å². The Hall–Kier alpha value is -2.02. The Morgan fingerprint density at radius 3 is 2.77 bits per heavy atom. The van der Waals surface area contributed by atoms with E-state index >= 15 is 0 Å². The van der Waals surface area contributed by atoms with Crippen LogP contribution in [0, 0.1) is 5.92 Å². The molecule has 3 N–H and O–H groups in total. The maximum absolute atomic E-state index is 12.2. The molecule has 22 heavy (non-hydrogen) atoms. The quantitative estimate of drug-likeness (QED) is 0.785. The van der Waals surface area contributed by atoms with Gasteiger partial charge < -0.3 is 15.7 Å². The van der Waals surface area contributed by atoms with Crippen molar-refractivity contribution >= 4 is 35.2 Å². The molecule has 1 aromatic carbocycles. The summed E-state index contributed by atoms with van der Waals surface area (Å²) in [6, 6.07) is 4.18. The molecule has 1 aliphatic heterocycles. The second kappa shape index (κ2) is 5.64. The first-order valence-corrected chi connectivity index (χ1v) is 7.99. The van der Waals surface area contributed by atoms with E-state index in [1.165, 1.54) is 11.8 Å². The molecule has 0 saturated heterocycles. The summed E-state index contributed by atoms with van der Waals surface area (Å²) in [6.07, 6.45) is 1.65. The van der Waals surface area contributed by atoms with Gasteiger partial charge in [-0.15, -0.1) is 11.8 Å². The van der Waals surface area contributed by atoms with Crippen molar-refractivity contribution in [3.63, 3.8) is 0 Å². The van der Waals surface area contributed by atoms with Crippen LogP contribution in [0.15, 0.2) is 23.1 Å². The summed E-state index contributed by atoms with van der Waals surface area (Å²) in [6.45, 7) is 1.82. The summed E-state index contributed by atoms with van der Waals surface area (Å²) < 4.78 is 0. The zero-order chi connectivity index (χ0) is 15.9. The number of anilines is 1. The highest BCUT2D eigenvalue weighted by molar-refractivity contribution is 8.00. The number of thioether (sulfide) groups is 1. The number of amides is 2. The minimum atomic E-state index is -1.01. The molecule has 2 unspecified atom stereocenters. The third-order valence-electron chi connectivity index (χ3n) is 3.82. The lowest BCUT2D eigenvalue weighted by molar-refractivity contribution is -0.139.